The molecule has 0 aliphatic carbocycles. The third-order valence-electron chi connectivity index (χ3n) is 2.98. The lowest BCUT2D eigenvalue weighted by Gasteiger charge is -2.31. The zero-order chi connectivity index (χ0) is 12.9. The fraction of sp³-hybridized carbons (Fsp3) is 0.500. The van der Waals surface area contributed by atoms with Crippen molar-refractivity contribution >= 4 is 18.3 Å². The lowest BCUT2D eigenvalue weighted by molar-refractivity contribution is -0.136. The smallest absolute Gasteiger partial charge is 0.246 e. The van der Waals surface area contributed by atoms with Crippen LogP contribution < -0.4 is 5.73 Å². The van der Waals surface area contributed by atoms with Gasteiger partial charge < -0.3 is 10.6 Å². The standard InChI is InChI=1S/C14H22N2O.ClH/c1-4-11-16(5-2)13(17)14(3,15)12-9-7-6-8-10-12;/h6-10H,4-5,11,15H2,1-3H3;1H. The Morgan fingerprint density at radius 2 is 1.83 bits per heavy atom. The van der Waals surface area contributed by atoms with Crippen LogP contribution in [0.2, 0.25) is 0 Å². The molecule has 18 heavy (non-hydrogen) atoms. The molecule has 1 amide bonds. The Labute approximate surface area is 116 Å². The van der Waals surface area contributed by atoms with Crippen LogP contribution in [-0.4, -0.2) is 23.9 Å². The highest BCUT2D eigenvalue weighted by atomic mass is 35.5. The second-order valence-electron chi connectivity index (χ2n) is 4.45. The highest BCUT2D eigenvalue weighted by molar-refractivity contribution is 5.87. The summed E-state index contributed by atoms with van der Waals surface area (Å²) in [6.45, 7) is 7.28. The summed E-state index contributed by atoms with van der Waals surface area (Å²) in [6, 6.07) is 9.54. The second kappa shape index (κ2) is 7.39. The van der Waals surface area contributed by atoms with Gasteiger partial charge in [0, 0.05) is 13.1 Å². The molecule has 0 saturated carbocycles. The molecule has 1 atom stereocenters. The number of carbonyl (C=O) groups is 1. The van der Waals surface area contributed by atoms with E-state index in [4.69, 9.17) is 5.73 Å². The summed E-state index contributed by atoms with van der Waals surface area (Å²) in [5.74, 6) is -0.00644. The van der Waals surface area contributed by atoms with E-state index in [0.29, 0.717) is 6.54 Å². The van der Waals surface area contributed by atoms with E-state index in [1.165, 1.54) is 0 Å². The minimum Gasteiger partial charge on any atom is -0.341 e. The van der Waals surface area contributed by atoms with Gasteiger partial charge in [-0.05, 0) is 25.8 Å². The number of carbonyl (C=O) groups excluding carboxylic acids is 1. The maximum Gasteiger partial charge on any atom is 0.246 e. The molecule has 0 fully saturated rings. The van der Waals surface area contributed by atoms with E-state index in [-0.39, 0.29) is 18.3 Å². The summed E-state index contributed by atoms with van der Waals surface area (Å²) in [5.41, 5.74) is 6.12. The van der Waals surface area contributed by atoms with Crippen molar-refractivity contribution in [3.63, 3.8) is 0 Å². The van der Waals surface area contributed by atoms with Gasteiger partial charge in [-0.15, -0.1) is 12.4 Å². The van der Waals surface area contributed by atoms with Crippen molar-refractivity contribution in [3.05, 3.63) is 35.9 Å². The lowest BCUT2D eigenvalue weighted by atomic mass is 9.91. The predicted octanol–water partition coefficient (Wildman–Crippen LogP) is 2.54. The maximum atomic E-state index is 12.4. The van der Waals surface area contributed by atoms with E-state index in [1.54, 1.807) is 6.92 Å². The monoisotopic (exact) mass is 270 g/mol. The number of nitrogens with zero attached hydrogens (tertiary/aromatic N) is 1. The van der Waals surface area contributed by atoms with Gasteiger partial charge in [0.2, 0.25) is 5.91 Å². The van der Waals surface area contributed by atoms with Gasteiger partial charge in [-0.3, -0.25) is 4.79 Å². The summed E-state index contributed by atoms with van der Waals surface area (Å²) in [4.78, 5) is 14.2. The first-order chi connectivity index (χ1) is 8.04. The van der Waals surface area contributed by atoms with E-state index in [9.17, 15) is 4.79 Å². The van der Waals surface area contributed by atoms with Crippen LogP contribution in [0.15, 0.2) is 30.3 Å². The van der Waals surface area contributed by atoms with Crippen LogP contribution in [0.3, 0.4) is 0 Å². The van der Waals surface area contributed by atoms with Crippen LogP contribution in [0.1, 0.15) is 32.8 Å². The molecular weight excluding hydrogens is 248 g/mol. The molecular formula is C14H23ClN2O. The Hall–Kier alpha value is -1.06. The van der Waals surface area contributed by atoms with Crippen molar-refractivity contribution in [2.45, 2.75) is 32.7 Å². The minimum atomic E-state index is -0.938. The van der Waals surface area contributed by atoms with Gasteiger partial charge in [-0.25, -0.2) is 0 Å². The quantitative estimate of drug-likeness (QED) is 0.894. The second-order valence-corrected chi connectivity index (χ2v) is 4.45. The number of amides is 1. The zero-order valence-corrected chi connectivity index (χ0v) is 12.2. The molecule has 0 aromatic heterocycles. The largest absolute Gasteiger partial charge is 0.341 e. The van der Waals surface area contributed by atoms with Crippen molar-refractivity contribution in [1.82, 2.24) is 4.90 Å². The Bertz CT molecular complexity index is 365. The Balaban J connectivity index is 0.00000289. The van der Waals surface area contributed by atoms with Crippen LogP contribution in [0.25, 0.3) is 0 Å². The number of halogens is 1. The lowest BCUT2D eigenvalue weighted by Crippen LogP contribution is -2.51. The van der Waals surface area contributed by atoms with Gasteiger partial charge in [0.15, 0.2) is 0 Å². The molecule has 0 saturated heterocycles. The molecule has 4 heteroatoms. The molecule has 102 valence electrons. The molecule has 1 rings (SSSR count). The van der Waals surface area contributed by atoms with Crippen molar-refractivity contribution in [2.75, 3.05) is 13.1 Å². The van der Waals surface area contributed by atoms with Crippen LogP contribution in [0.4, 0.5) is 0 Å². The fourth-order valence-electron chi connectivity index (χ4n) is 1.91. The molecule has 0 radical (unpaired) electrons. The first kappa shape index (κ1) is 16.9. The molecule has 3 nitrogen and oxygen atoms in total. The maximum absolute atomic E-state index is 12.4. The number of rotatable bonds is 5. The minimum absolute atomic E-state index is 0. The highest BCUT2D eigenvalue weighted by Gasteiger charge is 2.33. The third kappa shape index (κ3) is 3.72. The topological polar surface area (TPSA) is 46.3 Å². The van der Waals surface area contributed by atoms with Crippen LogP contribution in [-0.2, 0) is 10.3 Å². The van der Waals surface area contributed by atoms with Gasteiger partial charge >= 0.3 is 0 Å². The number of benzene rings is 1. The average Bonchev–Trinajstić information content (AvgIpc) is 2.36. The summed E-state index contributed by atoms with van der Waals surface area (Å²) in [7, 11) is 0. The number of hydrogen-bond donors (Lipinski definition) is 1. The van der Waals surface area contributed by atoms with Gasteiger partial charge in [-0.1, -0.05) is 37.3 Å². The zero-order valence-electron chi connectivity index (χ0n) is 11.3. The Morgan fingerprint density at radius 3 is 2.28 bits per heavy atom. The van der Waals surface area contributed by atoms with Crippen molar-refractivity contribution < 1.29 is 4.79 Å². The Kier molecular flexibility index (Phi) is 6.96. The first-order valence-electron chi connectivity index (χ1n) is 6.17. The van der Waals surface area contributed by atoms with Crippen LogP contribution in [0.5, 0.6) is 0 Å². The Morgan fingerprint density at radius 1 is 1.28 bits per heavy atom. The molecule has 0 aliphatic heterocycles. The molecule has 2 N–H and O–H groups in total. The van der Waals surface area contributed by atoms with E-state index in [2.05, 4.69) is 6.92 Å². The molecule has 0 aliphatic rings. The number of likely N-dealkylation sites (N-methyl/N-ethyl adjacent to an activating group) is 1. The van der Waals surface area contributed by atoms with Crippen molar-refractivity contribution in [2.24, 2.45) is 5.73 Å². The van der Waals surface area contributed by atoms with Gasteiger partial charge in [0.25, 0.3) is 0 Å². The van der Waals surface area contributed by atoms with E-state index < -0.39 is 5.54 Å². The van der Waals surface area contributed by atoms with Crippen molar-refractivity contribution in [3.8, 4) is 0 Å². The van der Waals surface area contributed by atoms with Gasteiger partial charge in [0.05, 0.1) is 0 Å². The molecule has 0 bridgehead atoms. The average molecular weight is 271 g/mol. The molecule has 1 aromatic rings. The fourth-order valence-corrected chi connectivity index (χ4v) is 1.91. The first-order valence-corrected chi connectivity index (χ1v) is 6.17. The van der Waals surface area contributed by atoms with E-state index in [0.717, 1.165) is 18.5 Å². The summed E-state index contributed by atoms with van der Waals surface area (Å²) >= 11 is 0. The van der Waals surface area contributed by atoms with Gasteiger partial charge in [-0.2, -0.15) is 0 Å². The van der Waals surface area contributed by atoms with E-state index in [1.807, 2.05) is 42.2 Å². The summed E-state index contributed by atoms with van der Waals surface area (Å²) in [6.07, 6.45) is 0.949. The van der Waals surface area contributed by atoms with Crippen molar-refractivity contribution in [1.29, 1.82) is 0 Å². The molecule has 1 unspecified atom stereocenters. The number of hydrogen-bond acceptors (Lipinski definition) is 2. The number of nitrogens with two attached hydrogens (primary N) is 1. The molecule has 0 heterocycles. The van der Waals surface area contributed by atoms with Crippen LogP contribution >= 0.6 is 12.4 Å². The normalized spacial score (nSPS) is 13.3. The van der Waals surface area contributed by atoms with E-state index >= 15 is 0 Å². The SMILES string of the molecule is CCCN(CC)C(=O)C(C)(N)c1ccccc1.Cl. The summed E-state index contributed by atoms with van der Waals surface area (Å²) < 4.78 is 0. The molecule has 0 spiro atoms. The third-order valence-corrected chi connectivity index (χ3v) is 2.98. The predicted molar refractivity (Wildman–Crippen MR) is 77.8 cm³/mol. The van der Waals surface area contributed by atoms with Crippen LogP contribution in [0, 0.1) is 0 Å². The summed E-state index contributed by atoms with van der Waals surface area (Å²) in [5, 5.41) is 0. The molecule has 1 aromatic carbocycles. The van der Waals surface area contributed by atoms with Gasteiger partial charge in [0.1, 0.15) is 5.54 Å². The highest BCUT2D eigenvalue weighted by Crippen LogP contribution is 2.20.